The fraction of sp³-hybridized carbons (Fsp3) is 0.167. The largest absolute Gasteiger partial charge is 0.488 e. The van der Waals surface area contributed by atoms with Crippen molar-refractivity contribution in [3.05, 3.63) is 179 Å². The van der Waals surface area contributed by atoms with E-state index in [1.54, 1.807) is 0 Å². The van der Waals surface area contributed by atoms with Crippen molar-refractivity contribution in [2.45, 2.75) is 52.1 Å². The van der Waals surface area contributed by atoms with Crippen molar-refractivity contribution in [2.24, 2.45) is 5.92 Å². The van der Waals surface area contributed by atoms with Crippen molar-refractivity contribution in [1.82, 2.24) is 15.0 Å². The number of fused-ring (bicyclic) bond motifs is 9. The van der Waals surface area contributed by atoms with Crippen LogP contribution in [0.4, 0.5) is 0 Å². The van der Waals surface area contributed by atoms with Gasteiger partial charge in [0.1, 0.15) is 12.4 Å². The van der Waals surface area contributed by atoms with E-state index in [4.69, 9.17) is 19.7 Å². The molecule has 1 unspecified atom stereocenters. The van der Waals surface area contributed by atoms with Gasteiger partial charge in [0.05, 0.1) is 0 Å². The lowest BCUT2D eigenvalue weighted by atomic mass is 9.71. The number of nitrogens with zero attached hydrogens (tertiary/aromatic N) is 3. The molecule has 0 saturated heterocycles. The van der Waals surface area contributed by atoms with E-state index in [0.717, 1.165) is 39.1 Å². The van der Waals surface area contributed by atoms with E-state index < -0.39 is 0 Å². The van der Waals surface area contributed by atoms with Crippen LogP contribution >= 0.6 is 0 Å². The maximum Gasteiger partial charge on any atom is 0.164 e. The highest BCUT2D eigenvalue weighted by Gasteiger charge is 2.42. The summed E-state index contributed by atoms with van der Waals surface area (Å²) in [6, 6.07) is 54.4. The summed E-state index contributed by atoms with van der Waals surface area (Å²) < 4.78 is 6.55. The molecular weight excluding hydrogens is 707 g/mol. The topological polar surface area (TPSA) is 47.9 Å². The van der Waals surface area contributed by atoms with Gasteiger partial charge in [0, 0.05) is 33.1 Å². The number of hydrogen-bond acceptors (Lipinski definition) is 4. The van der Waals surface area contributed by atoms with Crippen LogP contribution in [0.25, 0.3) is 78.7 Å². The minimum atomic E-state index is -0.129. The standard InChI is InChI=1S/C54H43N3O/c1-32(2)54(5)45-23-12-9-19-38(45)43-28-37-31-58-48-29-35(25-26-39(48)42(37)30-47(43)54)34-17-13-18-36(27-34)51-55-50(33-15-7-6-8-16-33)56-52(57-51)41-21-14-24-46-49(41)40-20-10-11-22-44(40)53(46,3)4/h6-30,32H,31H2,1-5H3. The van der Waals surface area contributed by atoms with E-state index in [1.165, 1.54) is 55.6 Å². The van der Waals surface area contributed by atoms with Crippen LogP contribution in [0.1, 0.15) is 62.4 Å². The summed E-state index contributed by atoms with van der Waals surface area (Å²) in [4.78, 5) is 15.5. The molecule has 0 fully saturated rings. The van der Waals surface area contributed by atoms with E-state index in [2.05, 4.69) is 168 Å². The highest BCUT2D eigenvalue weighted by molar-refractivity contribution is 5.92. The van der Waals surface area contributed by atoms with Gasteiger partial charge in [-0.3, -0.25) is 0 Å². The molecule has 0 bridgehead atoms. The Morgan fingerprint density at radius 3 is 1.88 bits per heavy atom. The smallest absolute Gasteiger partial charge is 0.164 e. The molecule has 2 aliphatic carbocycles. The Morgan fingerprint density at radius 1 is 0.448 bits per heavy atom. The van der Waals surface area contributed by atoms with Crippen molar-refractivity contribution in [3.63, 3.8) is 0 Å². The van der Waals surface area contributed by atoms with Crippen LogP contribution < -0.4 is 4.74 Å². The predicted molar refractivity (Wildman–Crippen MR) is 236 cm³/mol. The van der Waals surface area contributed by atoms with Crippen LogP contribution in [-0.2, 0) is 17.4 Å². The molecule has 0 amide bonds. The van der Waals surface area contributed by atoms with Crippen LogP contribution in [0.2, 0.25) is 0 Å². The molecule has 0 N–H and O–H groups in total. The average Bonchev–Trinajstić information content (AvgIpc) is 3.67. The van der Waals surface area contributed by atoms with E-state index in [-0.39, 0.29) is 10.8 Å². The van der Waals surface area contributed by atoms with Crippen LogP contribution in [0.15, 0.2) is 152 Å². The molecule has 3 aliphatic rings. The molecule has 280 valence electrons. The first-order valence-corrected chi connectivity index (χ1v) is 20.4. The predicted octanol–water partition coefficient (Wildman–Crippen LogP) is 13.3. The number of ether oxygens (including phenoxy) is 1. The minimum Gasteiger partial charge on any atom is -0.488 e. The van der Waals surface area contributed by atoms with Gasteiger partial charge in [-0.05, 0) is 96.9 Å². The molecule has 4 heteroatoms. The SMILES string of the molecule is CC(C)C1(C)c2ccccc2-c2cc3c(cc21)-c1ccc(-c2cccc(-c4nc(-c5ccccc5)nc(-c5cccc6c5-c5ccccc5C6(C)C)n4)c2)cc1OC3. The molecule has 1 atom stereocenters. The molecule has 4 nitrogen and oxygen atoms in total. The molecule has 1 aromatic heterocycles. The Labute approximate surface area is 340 Å². The average molecular weight is 750 g/mol. The summed E-state index contributed by atoms with van der Waals surface area (Å²) in [6.45, 7) is 12.3. The van der Waals surface area contributed by atoms with Crippen LogP contribution in [0.5, 0.6) is 5.75 Å². The van der Waals surface area contributed by atoms with Crippen molar-refractivity contribution < 1.29 is 4.74 Å². The van der Waals surface area contributed by atoms with Crippen LogP contribution in [0, 0.1) is 5.92 Å². The first-order valence-electron chi connectivity index (χ1n) is 20.4. The molecule has 0 saturated carbocycles. The Balaban J connectivity index is 1.00. The molecule has 11 rings (SSSR count). The Kier molecular flexibility index (Phi) is 7.56. The van der Waals surface area contributed by atoms with Gasteiger partial charge in [0.15, 0.2) is 17.5 Å². The van der Waals surface area contributed by atoms with E-state index in [9.17, 15) is 0 Å². The van der Waals surface area contributed by atoms with E-state index in [0.29, 0.717) is 30.0 Å². The lowest BCUT2D eigenvalue weighted by Crippen LogP contribution is -2.27. The zero-order valence-corrected chi connectivity index (χ0v) is 33.5. The van der Waals surface area contributed by atoms with Crippen molar-refractivity contribution in [2.75, 3.05) is 0 Å². The van der Waals surface area contributed by atoms with Gasteiger partial charge in [0.25, 0.3) is 0 Å². The normalized spacial score (nSPS) is 16.4. The van der Waals surface area contributed by atoms with Crippen molar-refractivity contribution in [3.8, 4) is 84.4 Å². The molecule has 1 aliphatic heterocycles. The van der Waals surface area contributed by atoms with E-state index >= 15 is 0 Å². The quantitative estimate of drug-likeness (QED) is 0.176. The van der Waals surface area contributed by atoms with Gasteiger partial charge in [0.2, 0.25) is 0 Å². The van der Waals surface area contributed by atoms with Crippen molar-refractivity contribution in [1.29, 1.82) is 0 Å². The lowest BCUT2D eigenvalue weighted by molar-refractivity contribution is 0.302. The summed E-state index contributed by atoms with van der Waals surface area (Å²) in [7, 11) is 0. The number of rotatable bonds is 5. The number of benzene rings is 7. The zero-order valence-electron chi connectivity index (χ0n) is 33.5. The monoisotopic (exact) mass is 749 g/mol. The zero-order chi connectivity index (χ0) is 39.3. The Hall–Kier alpha value is -6.65. The van der Waals surface area contributed by atoms with Crippen LogP contribution in [-0.4, -0.2) is 15.0 Å². The Morgan fingerprint density at radius 2 is 1.07 bits per heavy atom. The van der Waals surface area contributed by atoms with Gasteiger partial charge >= 0.3 is 0 Å². The summed E-state index contributed by atoms with van der Waals surface area (Å²) >= 11 is 0. The van der Waals surface area contributed by atoms with E-state index in [1.807, 2.05) is 18.2 Å². The maximum atomic E-state index is 6.55. The first-order chi connectivity index (χ1) is 28.2. The highest BCUT2D eigenvalue weighted by Crippen LogP contribution is 2.55. The number of hydrogen-bond donors (Lipinski definition) is 0. The van der Waals surface area contributed by atoms with Gasteiger partial charge in [-0.15, -0.1) is 0 Å². The first kappa shape index (κ1) is 34.6. The molecule has 0 radical (unpaired) electrons. The van der Waals surface area contributed by atoms with Gasteiger partial charge in [-0.25, -0.2) is 15.0 Å². The second kappa shape index (κ2) is 12.7. The maximum absolute atomic E-state index is 6.55. The minimum absolute atomic E-state index is 0.0588. The fourth-order valence-corrected chi connectivity index (χ4v) is 9.92. The summed E-state index contributed by atoms with van der Waals surface area (Å²) in [6.07, 6.45) is 0. The van der Waals surface area contributed by atoms with Gasteiger partial charge in [-0.1, -0.05) is 162 Å². The second-order valence-corrected chi connectivity index (χ2v) is 17.1. The molecule has 58 heavy (non-hydrogen) atoms. The Bertz CT molecular complexity index is 2980. The second-order valence-electron chi connectivity index (χ2n) is 17.1. The molecule has 7 aromatic carbocycles. The third kappa shape index (κ3) is 5.04. The third-order valence-corrected chi connectivity index (χ3v) is 13.4. The molecular formula is C54H43N3O. The van der Waals surface area contributed by atoms with Crippen molar-refractivity contribution >= 4 is 0 Å². The number of aromatic nitrogens is 3. The fourth-order valence-electron chi connectivity index (χ4n) is 9.92. The highest BCUT2D eigenvalue weighted by atomic mass is 16.5. The third-order valence-electron chi connectivity index (χ3n) is 13.4. The summed E-state index contributed by atoms with van der Waals surface area (Å²) in [5, 5.41) is 0. The lowest BCUT2D eigenvalue weighted by Gasteiger charge is -2.33. The summed E-state index contributed by atoms with van der Waals surface area (Å²) in [5.74, 6) is 3.32. The molecule has 8 aromatic rings. The molecule has 0 spiro atoms. The summed E-state index contributed by atoms with van der Waals surface area (Å²) in [5.41, 5.74) is 19.1. The molecule has 2 heterocycles. The van der Waals surface area contributed by atoms with Crippen LogP contribution in [0.3, 0.4) is 0 Å². The van der Waals surface area contributed by atoms with Gasteiger partial charge < -0.3 is 4.74 Å². The van der Waals surface area contributed by atoms with Gasteiger partial charge in [-0.2, -0.15) is 0 Å².